The summed E-state index contributed by atoms with van der Waals surface area (Å²) in [5.74, 6) is 0.506. The molecule has 1 amide bonds. The van der Waals surface area contributed by atoms with Crippen LogP contribution in [0.3, 0.4) is 0 Å². The number of benzene rings is 2. The number of ether oxygens (including phenoxy) is 1. The van der Waals surface area contributed by atoms with Crippen LogP contribution in [-0.2, 0) is 0 Å². The van der Waals surface area contributed by atoms with E-state index in [9.17, 15) is 9.59 Å². The second-order valence-electron chi connectivity index (χ2n) is 5.67. The Balaban J connectivity index is 1.69. The summed E-state index contributed by atoms with van der Waals surface area (Å²) in [6, 6.07) is 14.0. The molecule has 7 heteroatoms. The molecule has 0 fully saturated rings. The van der Waals surface area contributed by atoms with Crippen molar-refractivity contribution in [3.05, 3.63) is 69.2 Å². The fraction of sp³-hybridized carbons (Fsp3) is 0.167. The molecule has 0 spiro atoms. The number of hydrogen-bond acceptors (Lipinski definition) is 4. The Morgan fingerprint density at radius 3 is 2.72 bits per heavy atom. The van der Waals surface area contributed by atoms with Crippen LogP contribution in [0.15, 0.2) is 53.3 Å². The van der Waals surface area contributed by atoms with Crippen LogP contribution in [0.4, 0.5) is 0 Å². The monoisotopic (exact) mass is 355 g/mol. The van der Waals surface area contributed by atoms with E-state index in [4.69, 9.17) is 17.0 Å². The average molecular weight is 355 g/mol. The van der Waals surface area contributed by atoms with Gasteiger partial charge in [0.1, 0.15) is 12.4 Å². The number of nitrogens with one attached hydrogen (secondary N) is 3. The topological polar surface area (TPSA) is 87.0 Å². The number of amides is 1. The Hall–Kier alpha value is -2.93. The predicted octanol–water partition coefficient (Wildman–Crippen LogP) is 2.78. The van der Waals surface area contributed by atoms with E-state index in [1.165, 1.54) is 0 Å². The van der Waals surface area contributed by atoms with Gasteiger partial charge in [0, 0.05) is 5.56 Å². The van der Waals surface area contributed by atoms with Crippen LogP contribution in [0.1, 0.15) is 17.3 Å². The highest BCUT2D eigenvalue weighted by Gasteiger charge is 2.12. The van der Waals surface area contributed by atoms with Gasteiger partial charge in [-0.2, -0.15) is 0 Å². The SMILES string of the molecule is C[C@H](COc1ccccc1)NC(=O)c1ccc2c(=O)[nH]c(=S)[nH]c2c1. The molecule has 1 atom stereocenters. The maximum atomic E-state index is 12.4. The normalized spacial score (nSPS) is 11.9. The highest BCUT2D eigenvalue weighted by molar-refractivity contribution is 7.71. The van der Waals surface area contributed by atoms with Crippen molar-refractivity contribution in [2.45, 2.75) is 13.0 Å². The molecule has 0 aliphatic heterocycles. The largest absolute Gasteiger partial charge is 0.491 e. The maximum absolute atomic E-state index is 12.4. The number of rotatable bonds is 5. The number of H-pyrrole nitrogens is 2. The molecular formula is C18H17N3O3S. The van der Waals surface area contributed by atoms with Gasteiger partial charge < -0.3 is 15.0 Å². The average Bonchev–Trinajstić information content (AvgIpc) is 2.60. The van der Waals surface area contributed by atoms with Crippen molar-refractivity contribution in [2.24, 2.45) is 0 Å². The molecule has 3 N–H and O–H groups in total. The van der Waals surface area contributed by atoms with E-state index < -0.39 is 0 Å². The second-order valence-corrected chi connectivity index (χ2v) is 6.08. The molecule has 0 radical (unpaired) electrons. The van der Waals surface area contributed by atoms with E-state index in [1.807, 2.05) is 37.3 Å². The molecule has 1 heterocycles. The standard InChI is InChI=1S/C18H17N3O3S/c1-11(10-24-13-5-3-2-4-6-13)19-16(22)12-7-8-14-15(9-12)20-18(25)21-17(14)23/h2-9,11H,10H2,1H3,(H,19,22)(H2,20,21,23,25)/t11-/m1/s1. The zero-order valence-electron chi connectivity index (χ0n) is 13.5. The van der Waals surface area contributed by atoms with E-state index in [-0.39, 0.29) is 22.3 Å². The molecule has 1 aromatic heterocycles. The molecule has 3 rings (SSSR count). The van der Waals surface area contributed by atoms with Crippen molar-refractivity contribution in [3.63, 3.8) is 0 Å². The number of carbonyl (C=O) groups is 1. The van der Waals surface area contributed by atoms with Gasteiger partial charge in [0.2, 0.25) is 0 Å². The predicted molar refractivity (Wildman–Crippen MR) is 98.6 cm³/mol. The summed E-state index contributed by atoms with van der Waals surface area (Å²) in [5, 5.41) is 3.32. The first-order valence-corrected chi connectivity index (χ1v) is 8.19. The van der Waals surface area contributed by atoms with Crippen LogP contribution in [-0.4, -0.2) is 28.5 Å². The Bertz CT molecular complexity index is 1010. The zero-order chi connectivity index (χ0) is 17.8. The lowest BCUT2D eigenvalue weighted by atomic mass is 10.1. The van der Waals surface area contributed by atoms with E-state index in [0.29, 0.717) is 23.1 Å². The summed E-state index contributed by atoms with van der Waals surface area (Å²) in [5.41, 5.74) is 0.681. The lowest BCUT2D eigenvalue weighted by molar-refractivity contribution is 0.0927. The van der Waals surface area contributed by atoms with E-state index in [1.54, 1.807) is 18.2 Å². The molecule has 128 valence electrons. The number of hydrogen-bond donors (Lipinski definition) is 3. The summed E-state index contributed by atoms with van der Waals surface area (Å²) in [4.78, 5) is 29.6. The molecular weight excluding hydrogens is 338 g/mol. The molecule has 6 nitrogen and oxygen atoms in total. The Labute approximate surface area is 148 Å². The van der Waals surface area contributed by atoms with Crippen LogP contribution < -0.4 is 15.6 Å². The molecule has 0 saturated carbocycles. The van der Waals surface area contributed by atoms with Gasteiger partial charge in [-0.25, -0.2) is 0 Å². The van der Waals surface area contributed by atoms with Gasteiger partial charge in [-0.05, 0) is 49.5 Å². The van der Waals surface area contributed by atoms with Gasteiger partial charge in [-0.15, -0.1) is 0 Å². The third kappa shape index (κ3) is 4.13. The van der Waals surface area contributed by atoms with Crippen molar-refractivity contribution in [2.75, 3.05) is 6.61 Å². The maximum Gasteiger partial charge on any atom is 0.259 e. The molecule has 25 heavy (non-hydrogen) atoms. The van der Waals surface area contributed by atoms with Crippen LogP contribution >= 0.6 is 12.2 Å². The Morgan fingerprint density at radius 2 is 1.96 bits per heavy atom. The fourth-order valence-corrected chi connectivity index (χ4v) is 2.60. The van der Waals surface area contributed by atoms with Crippen molar-refractivity contribution < 1.29 is 9.53 Å². The van der Waals surface area contributed by atoms with Gasteiger partial charge in [0.25, 0.3) is 11.5 Å². The molecule has 0 aliphatic rings. The van der Waals surface area contributed by atoms with Gasteiger partial charge in [0.05, 0.1) is 16.9 Å². The van der Waals surface area contributed by atoms with Crippen LogP contribution in [0.5, 0.6) is 5.75 Å². The van der Waals surface area contributed by atoms with Gasteiger partial charge in [-0.3, -0.25) is 14.6 Å². The summed E-state index contributed by atoms with van der Waals surface area (Å²) >= 11 is 4.96. The summed E-state index contributed by atoms with van der Waals surface area (Å²) in [7, 11) is 0. The van der Waals surface area contributed by atoms with Crippen molar-refractivity contribution in [1.29, 1.82) is 0 Å². The zero-order valence-corrected chi connectivity index (χ0v) is 14.4. The smallest absolute Gasteiger partial charge is 0.259 e. The lowest BCUT2D eigenvalue weighted by Crippen LogP contribution is -2.36. The van der Waals surface area contributed by atoms with Crippen molar-refractivity contribution in [3.8, 4) is 5.75 Å². The Morgan fingerprint density at radius 1 is 1.20 bits per heavy atom. The first kappa shape index (κ1) is 16.9. The van der Waals surface area contributed by atoms with Crippen LogP contribution in [0.2, 0.25) is 0 Å². The van der Waals surface area contributed by atoms with E-state index in [0.717, 1.165) is 5.75 Å². The first-order valence-electron chi connectivity index (χ1n) is 7.78. The summed E-state index contributed by atoms with van der Waals surface area (Å²) < 4.78 is 5.85. The molecule has 0 aliphatic carbocycles. The minimum atomic E-state index is -0.282. The Kier molecular flexibility index (Phi) is 4.95. The highest BCUT2D eigenvalue weighted by atomic mass is 32.1. The van der Waals surface area contributed by atoms with E-state index in [2.05, 4.69) is 15.3 Å². The summed E-state index contributed by atoms with van der Waals surface area (Å²) in [6.45, 7) is 2.21. The second kappa shape index (κ2) is 7.31. The highest BCUT2D eigenvalue weighted by Crippen LogP contribution is 2.11. The van der Waals surface area contributed by atoms with Gasteiger partial charge >= 0.3 is 0 Å². The van der Waals surface area contributed by atoms with E-state index >= 15 is 0 Å². The number of fused-ring (bicyclic) bond motifs is 1. The molecule has 0 unspecified atom stereocenters. The number of para-hydroxylation sites is 1. The molecule has 0 bridgehead atoms. The minimum absolute atomic E-state index is 0.180. The van der Waals surface area contributed by atoms with Crippen molar-refractivity contribution >= 4 is 29.0 Å². The molecule has 0 saturated heterocycles. The third-order valence-corrected chi connectivity index (χ3v) is 3.83. The fourth-order valence-electron chi connectivity index (χ4n) is 2.40. The number of aromatic nitrogens is 2. The number of carbonyl (C=O) groups excluding carboxylic acids is 1. The third-order valence-electron chi connectivity index (χ3n) is 3.62. The summed E-state index contributed by atoms with van der Waals surface area (Å²) in [6.07, 6.45) is 0. The van der Waals surface area contributed by atoms with Crippen LogP contribution in [0, 0.1) is 4.77 Å². The lowest BCUT2D eigenvalue weighted by Gasteiger charge is -2.15. The number of aromatic amines is 2. The minimum Gasteiger partial charge on any atom is -0.491 e. The molecule has 3 aromatic rings. The van der Waals surface area contributed by atoms with Gasteiger partial charge in [-0.1, -0.05) is 18.2 Å². The van der Waals surface area contributed by atoms with Crippen molar-refractivity contribution in [1.82, 2.24) is 15.3 Å². The van der Waals surface area contributed by atoms with Crippen LogP contribution in [0.25, 0.3) is 10.9 Å². The molecule has 2 aromatic carbocycles. The van der Waals surface area contributed by atoms with Gasteiger partial charge in [0.15, 0.2) is 4.77 Å². The first-order chi connectivity index (χ1) is 12.0. The quantitative estimate of drug-likeness (QED) is 0.614.